The van der Waals surface area contributed by atoms with Crippen LogP contribution in [0.5, 0.6) is 0 Å². The molecule has 4 atom stereocenters. The molecule has 1 fully saturated rings. The molecule has 1 saturated heterocycles. The topological polar surface area (TPSA) is 111 Å². The van der Waals surface area contributed by atoms with Crippen molar-refractivity contribution in [2.45, 2.75) is 57.1 Å². The number of nitrogens with zero attached hydrogens (tertiary/aromatic N) is 1. The van der Waals surface area contributed by atoms with E-state index in [0.29, 0.717) is 6.54 Å². The number of carbonyl (C=O) groups excluding carboxylic acids is 2. The zero-order chi connectivity index (χ0) is 19.6. The summed E-state index contributed by atoms with van der Waals surface area (Å²) in [7, 11) is 0. The van der Waals surface area contributed by atoms with Crippen LogP contribution in [0.15, 0.2) is 24.3 Å². The molecule has 2 heterocycles. The molecular weight excluding hydrogens is 350 g/mol. The molecule has 0 radical (unpaired) electrons. The summed E-state index contributed by atoms with van der Waals surface area (Å²) < 4.78 is 5.67. The molecule has 1 aromatic rings. The van der Waals surface area contributed by atoms with E-state index in [0.717, 1.165) is 17.7 Å². The van der Waals surface area contributed by atoms with Crippen LogP contribution in [0.2, 0.25) is 0 Å². The summed E-state index contributed by atoms with van der Waals surface area (Å²) in [6.45, 7) is 4.32. The highest BCUT2D eigenvalue weighted by atomic mass is 16.5. The third-order valence-corrected chi connectivity index (χ3v) is 4.91. The third kappa shape index (κ3) is 4.40. The molecule has 1 aromatic carbocycles. The summed E-state index contributed by atoms with van der Waals surface area (Å²) in [5, 5.41) is 25.7. The van der Waals surface area contributed by atoms with Gasteiger partial charge in [0.05, 0.1) is 12.5 Å². The highest BCUT2D eigenvalue weighted by molar-refractivity contribution is 5.95. The van der Waals surface area contributed by atoms with Crippen molar-refractivity contribution in [3.05, 3.63) is 29.8 Å². The molecule has 27 heavy (non-hydrogen) atoms. The second-order valence-corrected chi connectivity index (χ2v) is 7.33. The molecule has 4 unspecified atom stereocenters. The minimum Gasteiger partial charge on any atom is -0.388 e. The van der Waals surface area contributed by atoms with Gasteiger partial charge in [-0.25, -0.2) is 4.79 Å². The van der Waals surface area contributed by atoms with Gasteiger partial charge in [0.25, 0.3) is 0 Å². The molecule has 4 N–H and O–H groups in total. The van der Waals surface area contributed by atoms with E-state index in [1.807, 2.05) is 38.1 Å². The summed E-state index contributed by atoms with van der Waals surface area (Å²) in [4.78, 5) is 26.0. The molecule has 0 bridgehead atoms. The van der Waals surface area contributed by atoms with Gasteiger partial charge in [0, 0.05) is 24.8 Å². The van der Waals surface area contributed by atoms with Gasteiger partial charge in [0.1, 0.15) is 18.3 Å². The predicted octanol–water partition coefficient (Wildman–Crippen LogP) is 0.163. The van der Waals surface area contributed by atoms with E-state index in [2.05, 4.69) is 10.6 Å². The first-order valence-electron chi connectivity index (χ1n) is 9.31. The lowest BCUT2D eigenvalue weighted by molar-refractivity contribution is -0.122. The van der Waals surface area contributed by atoms with E-state index in [1.54, 1.807) is 4.90 Å². The fraction of sp³-hybridized carbons (Fsp3) is 0.579. The molecule has 8 heteroatoms. The Balaban J connectivity index is 1.55. The Morgan fingerprint density at radius 3 is 2.67 bits per heavy atom. The summed E-state index contributed by atoms with van der Waals surface area (Å²) in [6, 6.07) is 7.35. The van der Waals surface area contributed by atoms with Crippen LogP contribution >= 0.6 is 0 Å². The van der Waals surface area contributed by atoms with Gasteiger partial charge in [-0.15, -0.1) is 0 Å². The summed E-state index contributed by atoms with van der Waals surface area (Å²) in [6.07, 6.45) is -3.13. The number of hydrogen-bond acceptors (Lipinski definition) is 5. The van der Waals surface area contributed by atoms with Crippen LogP contribution in [-0.4, -0.2) is 65.7 Å². The van der Waals surface area contributed by atoms with E-state index in [9.17, 15) is 19.8 Å². The molecule has 0 saturated carbocycles. The Morgan fingerprint density at radius 1 is 1.22 bits per heavy atom. The van der Waals surface area contributed by atoms with E-state index < -0.39 is 24.4 Å². The lowest BCUT2D eigenvalue weighted by Crippen LogP contribution is -2.45. The largest absolute Gasteiger partial charge is 0.388 e. The Morgan fingerprint density at radius 2 is 1.93 bits per heavy atom. The number of anilines is 1. The lowest BCUT2D eigenvalue weighted by Gasteiger charge is -2.21. The van der Waals surface area contributed by atoms with Gasteiger partial charge < -0.3 is 30.5 Å². The summed E-state index contributed by atoms with van der Waals surface area (Å²) in [5.74, 6) is -0.151. The number of aliphatic hydroxyl groups is 2. The van der Waals surface area contributed by atoms with Gasteiger partial charge in [0.2, 0.25) is 5.91 Å². The van der Waals surface area contributed by atoms with E-state index in [4.69, 9.17) is 4.74 Å². The smallest absolute Gasteiger partial charge is 0.315 e. The summed E-state index contributed by atoms with van der Waals surface area (Å²) >= 11 is 0. The van der Waals surface area contributed by atoms with E-state index in [1.165, 1.54) is 0 Å². The SMILES string of the molecule is CC(C)NC(=O)NCC1OC(CC(=O)N2CCc3ccccc32)C(O)C1O. The maximum Gasteiger partial charge on any atom is 0.315 e. The second kappa shape index (κ2) is 8.24. The van der Waals surface area contributed by atoms with Crippen molar-refractivity contribution in [3.63, 3.8) is 0 Å². The van der Waals surface area contributed by atoms with Crippen molar-refractivity contribution in [1.29, 1.82) is 0 Å². The summed E-state index contributed by atoms with van der Waals surface area (Å²) in [5.41, 5.74) is 2.01. The van der Waals surface area contributed by atoms with Gasteiger partial charge in [-0.1, -0.05) is 18.2 Å². The van der Waals surface area contributed by atoms with Gasteiger partial charge in [-0.3, -0.25) is 4.79 Å². The number of carbonyl (C=O) groups is 2. The van der Waals surface area contributed by atoms with Crippen LogP contribution in [0.1, 0.15) is 25.8 Å². The van der Waals surface area contributed by atoms with Crippen molar-refractivity contribution in [3.8, 4) is 0 Å². The molecule has 2 aliphatic heterocycles. The van der Waals surface area contributed by atoms with Crippen LogP contribution in [0.25, 0.3) is 0 Å². The van der Waals surface area contributed by atoms with Crippen LogP contribution in [0, 0.1) is 0 Å². The Labute approximate surface area is 158 Å². The normalized spacial score (nSPS) is 26.9. The predicted molar refractivity (Wildman–Crippen MR) is 99.5 cm³/mol. The Hall–Kier alpha value is -2.16. The number of hydrogen-bond donors (Lipinski definition) is 4. The van der Waals surface area contributed by atoms with Crippen LogP contribution < -0.4 is 15.5 Å². The zero-order valence-corrected chi connectivity index (χ0v) is 15.6. The molecule has 148 valence electrons. The van der Waals surface area contributed by atoms with Crippen LogP contribution in [0.4, 0.5) is 10.5 Å². The molecule has 8 nitrogen and oxygen atoms in total. The maximum atomic E-state index is 12.7. The first-order valence-corrected chi connectivity index (χ1v) is 9.31. The van der Waals surface area contributed by atoms with Crippen LogP contribution in [0.3, 0.4) is 0 Å². The number of aliphatic hydroxyl groups excluding tert-OH is 2. The number of urea groups is 1. The Bertz CT molecular complexity index is 696. The monoisotopic (exact) mass is 377 g/mol. The zero-order valence-electron chi connectivity index (χ0n) is 15.6. The molecule has 2 aliphatic rings. The average molecular weight is 377 g/mol. The number of fused-ring (bicyclic) bond motifs is 1. The van der Waals surface area contributed by atoms with Crippen molar-refractivity contribution < 1.29 is 24.5 Å². The Kier molecular flexibility index (Phi) is 5.98. The fourth-order valence-electron chi connectivity index (χ4n) is 3.55. The standard InChI is InChI=1S/C19H27N3O5/c1-11(2)21-19(26)20-10-15-18(25)17(24)14(27-15)9-16(23)22-8-7-12-5-3-4-6-13(12)22/h3-6,11,14-15,17-18,24-25H,7-10H2,1-2H3,(H2,20,21,26). The van der Waals surface area contributed by atoms with Gasteiger partial charge in [0.15, 0.2) is 0 Å². The van der Waals surface area contributed by atoms with Crippen molar-refractivity contribution >= 4 is 17.6 Å². The van der Waals surface area contributed by atoms with Gasteiger partial charge >= 0.3 is 6.03 Å². The molecule has 3 rings (SSSR count). The van der Waals surface area contributed by atoms with E-state index >= 15 is 0 Å². The maximum absolute atomic E-state index is 12.7. The van der Waals surface area contributed by atoms with E-state index in [-0.39, 0.29) is 30.9 Å². The number of nitrogens with one attached hydrogen (secondary N) is 2. The minimum atomic E-state index is -1.17. The first kappa shape index (κ1) is 19.6. The molecule has 0 spiro atoms. The molecule has 3 amide bonds. The van der Waals surface area contributed by atoms with Crippen molar-refractivity contribution in [1.82, 2.24) is 10.6 Å². The van der Waals surface area contributed by atoms with Crippen molar-refractivity contribution in [2.24, 2.45) is 0 Å². The first-order chi connectivity index (χ1) is 12.9. The highest BCUT2D eigenvalue weighted by Crippen LogP contribution is 2.30. The quantitative estimate of drug-likeness (QED) is 0.584. The molecule has 0 aliphatic carbocycles. The van der Waals surface area contributed by atoms with Gasteiger partial charge in [-0.2, -0.15) is 0 Å². The third-order valence-electron chi connectivity index (χ3n) is 4.91. The second-order valence-electron chi connectivity index (χ2n) is 7.33. The van der Waals surface area contributed by atoms with Crippen LogP contribution in [-0.2, 0) is 16.0 Å². The fourth-order valence-corrected chi connectivity index (χ4v) is 3.55. The average Bonchev–Trinajstić information content (AvgIpc) is 3.16. The molecular formula is C19H27N3O5. The number of para-hydroxylation sites is 1. The molecule has 0 aromatic heterocycles. The van der Waals surface area contributed by atoms with Gasteiger partial charge in [-0.05, 0) is 31.9 Å². The number of ether oxygens (including phenoxy) is 1. The highest BCUT2D eigenvalue weighted by Gasteiger charge is 2.44. The van der Waals surface area contributed by atoms with Crippen molar-refractivity contribution in [2.75, 3.05) is 18.0 Å². The lowest BCUT2D eigenvalue weighted by atomic mass is 10.0. The minimum absolute atomic E-state index is 0.0151. The number of amides is 3. The number of rotatable bonds is 5. The number of benzene rings is 1.